The molecule has 482 valence electrons. The van der Waals surface area contributed by atoms with Crippen molar-refractivity contribution in [1.82, 2.24) is 0 Å². The lowest BCUT2D eigenvalue weighted by Crippen LogP contribution is -2.39. The Morgan fingerprint density at radius 2 is 0.811 bits per heavy atom. The Morgan fingerprint density at radius 3 is 1.18 bits per heavy atom. The predicted octanol–water partition coefficient (Wildman–Crippen LogP) is 19.7. The van der Waals surface area contributed by atoms with Crippen LogP contribution in [0.15, 0.2) is 122 Å². The number of ether oxygens (including phenoxy) is 5. The first-order chi connectivity index (χ1) is 44.1. The van der Waals surface area contributed by atoms with Crippen LogP contribution < -0.4 is 9.47 Å². The Morgan fingerprint density at radius 1 is 0.456 bits per heavy atom. The van der Waals surface area contributed by atoms with Crippen LogP contribution in [-0.4, -0.2) is 54.7 Å². The summed E-state index contributed by atoms with van der Waals surface area (Å²) in [5.74, 6) is 26.5. The fraction of sp³-hybridized carbons (Fsp3) is 0.561. The average Bonchev–Trinajstić information content (AvgIpc) is 1.03. The van der Waals surface area contributed by atoms with Crippen molar-refractivity contribution in [3.05, 3.63) is 155 Å². The topological polar surface area (TPSA) is 101 Å². The van der Waals surface area contributed by atoms with Gasteiger partial charge in [0.15, 0.2) is 11.2 Å². The summed E-state index contributed by atoms with van der Waals surface area (Å²) >= 11 is 0. The quantitative estimate of drug-likeness (QED) is 0.0175. The zero-order valence-electron chi connectivity index (χ0n) is 55.0. The molecule has 8 nitrogen and oxygen atoms in total. The van der Waals surface area contributed by atoms with Gasteiger partial charge in [0.2, 0.25) is 0 Å². The second kappa shape index (κ2) is 37.6. The van der Waals surface area contributed by atoms with E-state index in [0.29, 0.717) is 48.5 Å². The molecule has 1 N–H and O–H groups in total. The molecule has 4 fully saturated rings. The van der Waals surface area contributed by atoms with E-state index in [-0.39, 0.29) is 18.5 Å². The minimum atomic E-state index is -0.874. The zero-order valence-corrected chi connectivity index (χ0v) is 55.0. The van der Waals surface area contributed by atoms with Crippen LogP contribution in [0, 0.1) is 71.0 Å². The van der Waals surface area contributed by atoms with Crippen molar-refractivity contribution in [3.8, 4) is 47.0 Å². The second-order valence-corrected chi connectivity index (χ2v) is 26.7. The average molecular weight is 1220 g/mol. The number of allylic oxidation sites excluding steroid dienone is 1. The molecule has 8 heteroatoms. The Bertz CT molecular complexity index is 2980. The van der Waals surface area contributed by atoms with Crippen molar-refractivity contribution in [3.63, 3.8) is 0 Å². The third-order valence-corrected chi connectivity index (χ3v) is 20.1. The number of benzene rings is 4. The highest BCUT2D eigenvalue weighted by molar-refractivity contribution is 5.90. The van der Waals surface area contributed by atoms with Crippen molar-refractivity contribution in [2.75, 3.05) is 26.4 Å². The predicted molar refractivity (Wildman–Crippen MR) is 365 cm³/mol. The monoisotopic (exact) mass is 1220 g/mol. The van der Waals surface area contributed by atoms with Gasteiger partial charge >= 0.3 is 11.9 Å². The molecule has 0 atom stereocenters. The van der Waals surface area contributed by atoms with Crippen molar-refractivity contribution in [2.45, 2.75) is 231 Å². The van der Waals surface area contributed by atoms with Gasteiger partial charge in [-0.3, -0.25) is 0 Å². The van der Waals surface area contributed by atoms with Gasteiger partial charge in [-0.25, -0.2) is 9.59 Å². The molecule has 4 aliphatic rings. The van der Waals surface area contributed by atoms with Crippen LogP contribution in [0.4, 0.5) is 0 Å². The Labute approximate surface area is 542 Å². The van der Waals surface area contributed by atoms with Crippen LogP contribution in [-0.2, 0) is 14.2 Å². The van der Waals surface area contributed by atoms with Gasteiger partial charge in [0, 0.05) is 28.9 Å². The Kier molecular flexibility index (Phi) is 28.9. The molecule has 4 saturated carbocycles. The molecule has 0 heterocycles. The van der Waals surface area contributed by atoms with E-state index in [1.54, 1.807) is 18.2 Å². The summed E-state index contributed by atoms with van der Waals surface area (Å²) in [4.78, 5) is 27.9. The number of aliphatic hydroxyl groups is 1. The maximum absolute atomic E-state index is 14.0. The second-order valence-electron chi connectivity index (χ2n) is 26.7. The first-order valence-electron chi connectivity index (χ1n) is 35.3. The summed E-state index contributed by atoms with van der Waals surface area (Å²) in [6, 6.07) is 30.7. The van der Waals surface area contributed by atoms with Crippen LogP contribution in [0.3, 0.4) is 0 Å². The molecule has 0 bridgehead atoms. The SMILES string of the molecule is C=CC(=C)OCCCCCCOc1ccc(C(=O)OC2(C#Cc3ccc(C#Cc4ccc(C#CC5(OC(=O)c6ccc(OCCCCCCO)cc6)CCC(C6CCC(CCCCC)CC6)CC5)cc4)cc3)CCC(C3CCC(CCCCC)CC3)CC2)cc1. The van der Waals surface area contributed by atoms with Gasteiger partial charge in [-0.1, -0.05) is 134 Å². The normalized spacial score (nSPS) is 23.0. The number of esters is 2. The van der Waals surface area contributed by atoms with Gasteiger partial charge in [-0.15, -0.1) is 0 Å². The lowest BCUT2D eigenvalue weighted by molar-refractivity contribution is -0.0204. The molecule has 0 aromatic heterocycles. The molecular weight excluding hydrogens is 1110 g/mol. The van der Waals surface area contributed by atoms with Crippen molar-refractivity contribution >= 4 is 11.9 Å². The van der Waals surface area contributed by atoms with Crippen molar-refractivity contribution < 1.29 is 38.4 Å². The lowest BCUT2D eigenvalue weighted by Gasteiger charge is -2.41. The third-order valence-electron chi connectivity index (χ3n) is 20.1. The summed E-state index contributed by atoms with van der Waals surface area (Å²) < 4.78 is 30.5. The molecule has 4 aromatic rings. The van der Waals surface area contributed by atoms with E-state index in [2.05, 4.69) is 62.5 Å². The van der Waals surface area contributed by atoms with E-state index in [4.69, 9.17) is 28.8 Å². The van der Waals surface area contributed by atoms with Crippen LogP contribution in [0.1, 0.15) is 262 Å². The van der Waals surface area contributed by atoms with Crippen LogP contribution in [0.25, 0.3) is 0 Å². The summed E-state index contributed by atoms with van der Waals surface area (Å²) in [6.45, 7) is 14.1. The first kappa shape index (κ1) is 69.2. The fourth-order valence-electron chi connectivity index (χ4n) is 14.3. The van der Waals surface area contributed by atoms with Gasteiger partial charge < -0.3 is 28.8 Å². The molecule has 0 spiro atoms. The Hall–Kier alpha value is -6.66. The van der Waals surface area contributed by atoms with Crippen LogP contribution in [0.2, 0.25) is 0 Å². The minimum Gasteiger partial charge on any atom is -0.494 e. The molecule has 0 radical (unpaired) electrons. The highest BCUT2D eigenvalue weighted by Crippen LogP contribution is 2.46. The first-order valence-corrected chi connectivity index (χ1v) is 35.3. The summed E-state index contributed by atoms with van der Waals surface area (Å²) in [6.07, 6.45) is 37.7. The van der Waals surface area contributed by atoms with Gasteiger partial charge in [0.1, 0.15) is 17.3 Å². The van der Waals surface area contributed by atoms with Crippen molar-refractivity contribution in [1.29, 1.82) is 0 Å². The number of hydrogen-bond acceptors (Lipinski definition) is 8. The number of aliphatic hydroxyl groups excluding tert-OH is 1. The molecule has 0 saturated heterocycles. The van der Waals surface area contributed by atoms with Crippen molar-refractivity contribution in [2.24, 2.45) is 35.5 Å². The lowest BCUT2D eigenvalue weighted by atomic mass is 9.67. The third kappa shape index (κ3) is 22.9. The van der Waals surface area contributed by atoms with E-state index in [0.717, 1.165) is 160 Å². The van der Waals surface area contributed by atoms with E-state index in [9.17, 15) is 9.59 Å². The maximum atomic E-state index is 14.0. The molecule has 0 unspecified atom stereocenters. The van der Waals surface area contributed by atoms with E-state index < -0.39 is 11.2 Å². The molecule has 4 aromatic carbocycles. The van der Waals surface area contributed by atoms with E-state index in [1.165, 1.54) is 103 Å². The van der Waals surface area contributed by atoms with Gasteiger partial charge in [-0.2, -0.15) is 0 Å². The highest BCUT2D eigenvalue weighted by Gasteiger charge is 2.42. The molecule has 0 amide bonds. The summed E-state index contributed by atoms with van der Waals surface area (Å²) in [5, 5.41) is 9.08. The van der Waals surface area contributed by atoms with Gasteiger partial charge in [0.25, 0.3) is 0 Å². The fourth-order valence-corrected chi connectivity index (χ4v) is 14.3. The van der Waals surface area contributed by atoms with Crippen LogP contribution in [0.5, 0.6) is 11.5 Å². The summed E-state index contributed by atoms with van der Waals surface area (Å²) in [7, 11) is 0. The zero-order chi connectivity index (χ0) is 63.1. The molecule has 8 rings (SSSR count). The number of carbonyl (C=O) groups excluding carboxylic acids is 2. The Balaban J connectivity index is 0.887. The largest absolute Gasteiger partial charge is 0.494 e. The number of carbonyl (C=O) groups is 2. The molecule has 0 aliphatic heterocycles. The standard InChI is InChI=1S/C82H106O8/c1-5-8-14-20-65-32-36-71(37-33-65)73-50-56-81(57-51-73,89-79(84)75-40-44-77(45-41-75)87-62-18-11-10-16-60-83)54-48-69-28-24-67(25-29-69)22-23-68-26-30-70(31-27-68)49-55-82(58-52-74(53-59-82)72-38-34-66(35-39-72)21-15-9-6-2)90-80(85)76-42-46-78(47-43-76)88-63-19-13-12-17-61-86-64(4)7-3/h7,24-31,40-47,65-66,71-74,83H,3-6,8-21,32-39,50-53,56-63H2,1-2H3. The molecule has 90 heavy (non-hydrogen) atoms. The molecular formula is C82H106O8. The molecule has 4 aliphatic carbocycles. The number of rotatable bonds is 31. The smallest absolute Gasteiger partial charge is 0.339 e. The number of hydrogen-bond donors (Lipinski definition) is 1. The minimum absolute atomic E-state index is 0.224. The summed E-state index contributed by atoms with van der Waals surface area (Å²) in [5.41, 5.74) is 2.72. The maximum Gasteiger partial charge on any atom is 0.339 e. The van der Waals surface area contributed by atoms with Crippen LogP contribution >= 0.6 is 0 Å². The van der Waals surface area contributed by atoms with E-state index in [1.807, 2.05) is 84.9 Å². The number of unbranched alkanes of at least 4 members (excludes halogenated alkanes) is 10. The van der Waals surface area contributed by atoms with Gasteiger partial charge in [-0.05, 0) is 272 Å². The van der Waals surface area contributed by atoms with Gasteiger partial charge in [0.05, 0.1) is 30.9 Å². The van der Waals surface area contributed by atoms with E-state index >= 15 is 0 Å². The highest BCUT2D eigenvalue weighted by atomic mass is 16.6.